The van der Waals surface area contributed by atoms with Gasteiger partial charge < -0.3 is 14.6 Å². The second-order valence-corrected chi connectivity index (χ2v) is 6.00. The summed E-state index contributed by atoms with van der Waals surface area (Å²) in [5.74, 6) is 0.965. The third-order valence-electron chi connectivity index (χ3n) is 4.96. The van der Waals surface area contributed by atoms with Crippen molar-refractivity contribution >= 4 is 0 Å². The van der Waals surface area contributed by atoms with E-state index in [-0.39, 0.29) is 18.3 Å². The van der Waals surface area contributed by atoms with Crippen LogP contribution in [0, 0.1) is 11.8 Å². The van der Waals surface area contributed by atoms with Crippen LogP contribution in [0.15, 0.2) is 0 Å². The van der Waals surface area contributed by atoms with Crippen LogP contribution >= 0.6 is 0 Å². The molecule has 20 heavy (non-hydrogen) atoms. The summed E-state index contributed by atoms with van der Waals surface area (Å²) in [6.07, 6.45) is 9.67. The van der Waals surface area contributed by atoms with E-state index in [4.69, 9.17) is 9.47 Å². The Morgan fingerprint density at radius 2 is 1.60 bits per heavy atom. The smallest absolute Gasteiger partial charge is 0.0652 e. The standard InChI is InChI=1S/C15H28O3.C2H6/c1-17-12-8-9-13(14(16)10-12)15(18-2)11-6-4-3-5-7-11;1-2/h11-16H,3-10H2,1-2H3;1-2H3. The molecule has 3 nitrogen and oxygen atoms in total. The number of aliphatic hydroxyl groups excluding tert-OH is 1. The average molecular weight is 286 g/mol. The molecule has 0 heterocycles. The zero-order chi connectivity index (χ0) is 15.0. The quantitative estimate of drug-likeness (QED) is 0.854. The van der Waals surface area contributed by atoms with E-state index >= 15 is 0 Å². The van der Waals surface area contributed by atoms with Gasteiger partial charge in [-0.3, -0.25) is 0 Å². The van der Waals surface area contributed by atoms with Gasteiger partial charge >= 0.3 is 0 Å². The van der Waals surface area contributed by atoms with Gasteiger partial charge in [-0.15, -0.1) is 0 Å². The van der Waals surface area contributed by atoms with Crippen LogP contribution in [0.5, 0.6) is 0 Å². The van der Waals surface area contributed by atoms with Crippen molar-refractivity contribution in [2.24, 2.45) is 11.8 Å². The predicted octanol–water partition coefficient (Wildman–Crippen LogP) is 3.78. The lowest BCUT2D eigenvalue weighted by Gasteiger charge is -2.41. The lowest BCUT2D eigenvalue weighted by molar-refractivity contribution is -0.0937. The summed E-state index contributed by atoms with van der Waals surface area (Å²) in [6.45, 7) is 4.00. The normalized spacial score (nSPS) is 33.1. The largest absolute Gasteiger partial charge is 0.393 e. The van der Waals surface area contributed by atoms with Crippen molar-refractivity contribution in [2.75, 3.05) is 14.2 Å². The number of hydrogen-bond acceptors (Lipinski definition) is 3. The molecule has 4 atom stereocenters. The zero-order valence-corrected chi connectivity index (χ0v) is 13.8. The van der Waals surface area contributed by atoms with E-state index in [9.17, 15) is 5.11 Å². The van der Waals surface area contributed by atoms with Crippen molar-refractivity contribution in [2.45, 2.75) is 83.5 Å². The first-order chi connectivity index (χ1) is 9.76. The molecule has 2 fully saturated rings. The SMILES string of the molecule is CC.COC1CCC(C(OC)C2CCCCC2)C(O)C1. The lowest BCUT2D eigenvalue weighted by Crippen LogP contribution is -2.44. The molecule has 0 aliphatic heterocycles. The van der Waals surface area contributed by atoms with Crippen LogP contribution < -0.4 is 0 Å². The third kappa shape index (κ3) is 4.71. The first kappa shape index (κ1) is 17.9. The second kappa shape index (κ2) is 9.75. The van der Waals surface area contributed by atoms with Crippen LogP contribution in [0.1, 0.15) is 65.2 Å². The fourth-order valence-corrected chi connectivity index (χ4v) is 3.91. The van der Waals surface area contributed by atoms with Gasteiger partial charge in [-0.05, 0) is 38.0 Å². The zero-order valence-electron chi connectivity index (χ0n) is 13.8. The van der Waals surface area contributed by atoms with Crippen LogP contribution in [0.25, 0.3) is 0 Å². The molecule has 2 aliphatic carbocycles. The Morgan fingerprint density at radius 1 is 0.950 bits per heavy atom. The summed E-state index contributed by atoms with van der Waals surface area (Å²) in [7, 11) is 3.56. The number of hydrogen-bond donors (Lipinski definition) is 1. The summed E-state index contributed by atoms with van der Waals surface area (Å²) in [5, 5.41) is 10.3. The Morgan fingerprint density at radius 3 is 2.10 bits per heavy atom. The topological polar surface area (TPSA) is 38.7 Å². The highest BCUT2D eigenvalue weighted by atomic mass is 16.5. The van der Waals surface area contributed by atoms with E-state index < -0.39 is 0 Å². The highest BCUT2D eigenvalue weighted by Gasteiger charge is 2.38. The maximum Gasteiger partial charge on any atom is 0.0652 e. The fraction of sp³-hybridized carbons (Fsp3) is 1.00. The van der Waals surface area contributed by atoms with Crippen molar-refractivity contribution in [1.82, 2.24) is 0 Å². The maximum atomic E-state index is 10.3. The van der Waals surface area contributed by atoms with Gasteiger partial charge in [0.1, 0.15) is 0 Å². The van der Waals surface area contributed by atoms with Crippen molar-refractivity contribution in [3.63, 3.8) is 0 Å². The van der Waals surface area contributed by atoms with Gasteiger partial charge in [-0.2, -0.15) is 0 Å². The van der Waals surface area contributed by atoms with Crippen LogP contribution in [0.4, 0.5) is 0 Å². The van der Waals surface area contributed by atoms with Crippen molar-refractivity contribution in [3.8, 4) is 0 Å². The van der Waals surface area contributed by atoms with Crippen LogP contribution in [-0.4, -0.2) is 37.6 Å². The summed E-state index contributed by atoms with van der Waals surface area (Å²) in [4.78, 5) is 0. The molecule has 0 radical (unpaired) electrons. The Hall–Kier alpha value is -0.120. The van der Waals surface area contributed by atoms with Gasteiger partial charge in [0.2, 0.25) is 0 Å². The Bertz CT molecular complexity index is 238. The molecule has 0 aromatic heterocycles. The lowest BCUT2D eigenvalue weighted by atomic mass is 9.73. The summed E-state index contributed by atoms with van der Waals surface area (Å²) < 4.78 is 11.1. The molecule has 2 rings (SSSR count). The van der Waals surface area contributed by atoms with Crippen LogP contribution in [-0.2, 0) is 9.47 Å². The summed E-state index contributed by atoms with van der Waals surface area (Å²) in [5.41, 5.74) is 0. The molecule has 4 unspecified atom stereocenters. The highest BCUT2D eigenvalue weighted by Crippen LogP contribution is 2.37. The first-order valence-electron chi connectivity index (χ1n) is 8.50. The van der Waals surface area contributed by atoms with Gasteiger partial charge in [0.05, 0.1) is 18.3 Å². The molecule has 0 bridgehead atoms. The van der Waals surface area contributed by atoms with E-state index in [0.717, 1.165) is 19.3 Å². The second-order valence-electron chi connectivity index (χ2n) is 6.00. The molecule has 3 heteroatoms. The molecule has 2 aliphatic rings. The van der Waals surface area contributed by atoms with E-state index in [1.165, 1.54) is 32.1 Å². The van der Waals surface area contributed by atoms with Crippen LogP contribution in [0.3, 0.4) is 0 Å². The van der Waals surface area contributed by atoms with E-state index in [1.54, 1.807) is 7.11 Å². The molecule has 120 valence electrons. The number of methoxy groups -OCH3 is 2. The molecule has 0 spiro atoms. The Labute approximate surface area is 125 Å². The molecule has 0 aromatic carbocycles. The fourth-order valence-electron chi connectivity index (χ4n) is 3.91. The third-order valence-corrected chi connectivity index (χ3v) is 4.96. The molecule has 0 aromatic rings. The molecule has 0 amide bonds. The number of rotatable bonds is 4. The van der Waals surface area contributed by atoms with Gasteiger partial charge in [-0.25, -0.2) is 0 Å². The average Bonchev–Trinajstić information content (AvgIpc) is 2.52. The van der Waals surface area contributed by atoms with Gasteiger partial charge in [0.15, 0.2) is 0 Å². The molecule has 2 saturated carbocycles. The minimum Gasteiger partial charge on any atom is -0.393 e. The van der Waals surface area contributed by atoms with E-state index in [1.807, 2.05) is 21.0 Å². The van der Waals surface area contributed by atoms with Crippen LogP contribution in [0.2, 0.25) is 0 Å². The predicted molar refractivity (Wildman–Crippen MR) is 82.9 cm³/mol. The summed E-state index contributed by atoms with van der Waals surface area (Å²) in [6, 6.07) is 0. The van der Waals surface area contributed by atoms with E-state index in [2.05, 4.69) is 0 Å². The maximum absolute atomic E-state index is 10.3. The van der Waals surface area contributed by atoms with Crippen molar-refractivity contribution < 1.29 is 14.6 Å². The monoisotopic (exact) mass is 286 g/mol. The molecule has 1 N–H and O–H groups in total. The molecular weight excluding hydrogens is 252 g/mol. The Balaban J connectivity index is 0.000000956. The van der Waals surface area contributed by atoms with Crippen molar-refractivity contribution in [3.05, 3.63) is 0 Å². The van der Waals surface area contributed by atoms with Crippen molar-refractivity contribution in [1.29, 1.82) is 0 Å². The molecule has 0 saturated heterocycles. The minimum atomic E-state index is -0.254. The molecular formula is C17H34O3. The highest BCUT2D eigenvalue weighted by molar-refractivity contribution is 4.89. The first-order valence-corrected chi connectivity index (χ1v) is 8.50. The van der Waals surface area contributed by atoms with Gasteiger partial charge in [-0.1, -0.05) is 33.1 Å². The minimum absolute atomic E-state index is 0.236. The number of aliphatic hydroxyl groups is 1. The Kier molecular flexibility index (Phi) is 8.74. The summed E-state index contributed by atoms with van der Waals surface area (Å²) >= 11 is 0. The van der Waals surface area contributed by atoms with Gasteiger partial charge in [0, 0.05) is 20.1 Å². The van der Waals surface area contributed by atoms with E-state index in [0.29, 0.717) is 11.8 Å². The number of ether oxygens (including phenoxy) is 2. The van der Waals surface area contributed by atoms with Gasteiger partial charge in [0.25, 0.3) is 0 Å².